The highest BCUT2D eigenvalue weighted by Crippen LogP contribution is 2.26. The van der Waals surface area contributed by atoms with E-state index in [1.54, 1.807) is 60.7 Å². The number of hydrogen-bond donors (Lipinski definition) is 3. The summed E-state index contributed by atoms with van der Waals surface area (Å²) in [4.78, 5) is 12.4. The lowest BCUT2D eigenvalue weighted by atomic mass is 10.2. The molecule has 0 fully saturated rings. The summed E-state index contributed by atoms with van der Waals surface area (Å²) in [5.74, 6) is 1.04. The van der Waals surface area contributed by atoms with Gasteiger partial charge in [0, 0.05) is 0 Å². The molecule has 114 valence electrons. The Labute approximate surface area is 132 Å². The predicted octanol–water partition coefficient (Wildman–Crippen LogP) is 2.70. The summed E-state index contributed by atoms with van der Waals surface area (Å²) < 4.78 is 0. The lowest BCUT2D eigenvalue weighted by molar-refractivity contribution is 0.475. The van der Waals surface area contributed by atoms with Crippen LogP contribution in [0.25, 0.3) is 23.5 Å². The van der Waals surface area contributed by atoms with E-state index in [0.717, 1.165) is 5.56 Å². The number of nitrogens with zero attached hydrogens (tertiary/aromatic N) is 3. The molecule has 0 saturated heterocycles. The zero-order chi connectivity index (χ0) is 16.2. The van der Waals surface area contributed by atoms with E-state index < -0.39 is 0 Å². The number of aromatic nitrogens is 3. The molecule has 1 aromatic heterocycles. The smallest absolute Gasteiger partial charge is 0.224 e. The second kappa shape index (κ2) is 6.15. The Balaban J connectivity index is 1.95. The number of phenolic OH excluding ortho intramolecular Hbond substituents is 2. The topological polar surface area (TPSA) is 105 Å². The number of nitrogen functional groups attached to an aromatic ring is 1. The average molecular weight is 306 g/mol. The van der Waals surface area contributed by atoms with Crippen LogP contribution in [0.4, 0.5) is 5.95 Å². The molecule has 0 aliphatic heterocycles. The van der Waals surface area contributed by atoms with Crippen LogP contribution in [0, 0.1) is 0 Å². The summed E-state index contributed by atoms with van der Waals surface area (Å²) in [7, 11) is 0. The van der Waals surface area contributed by atoms with Gasteiger partial charge in [0.05, 0.1) is 5.56 Å². The molecule has 0 spiro atoms. The van der Waals surface area contributed by atoms with Gasteiger partial charge in [-0.05, 0) is 35.9 Å². The van der Waals surface area contributed by atoms with Crippen molar-refractivity contribution in [3.8, 4) is 22.9 Å². The van der Waals surface area contributed by atoms with Crippen molar-refractivity contribution in [1.82, 2.24) is 15.0 Å². The van der Waals surface area contributed by atoms with Gasteiger partial charge in [-0.25, -0.2) is 4.98 Å². The van der Waals surface area contributed by atoms with Crippen molar-refractivity contribution in [2.45, 2.75) is 0 Å². The lowest BCUT2D eigenvalue weighted by Crippen LogP contribution is -2.02. The summed E-state index contributed by atoms with van der Waals surface area (Å²) in [5, 5.41) is 19.2. The molecule has 0 aliphatic rings. The standard InChI is InChI=1S/C17H14N4O2/c18-17-20-15(10-7-11-5-8-12(22)9-6-11)19-16(21-17)13-3-1-2-4-14(13)23/h1-10,22-23H,(H2,18,19,20,21). The van der Waals surface area contributed by atoms with Gasteiger partial charge in [-0.15, -0.1) is 0 Å². The number of hydrogen-bond acceptors (Lipinski definition) is 6. The third kappa shape index (κ3) is 3.44. The molecule has 0 atom stereocenters. The Morgan fingerprint density at radius 2 is 1.57 bits per heavy atom. The second-order valence-electron chi connectivity index (χ2n) is 4.82. The van der Waals surface area contributed by atoms with Crippen molar-refractivity contribution >= 4 is 18.1 Å². The first-order valence-electron chi connectivity index (χ1n) is 6.89. The molecule has 6 heteroatoms. The maximum Gasteiger partial charge on any atom is 0.224 e. The highest BCUT2D eigenvalue weighted by atomic mass is 16.3. The molecular formula is C17H14N4O2. The molecule has 0 amide bonds. The fraction of sp³-hybridized carbons (Fsp3) is 0. The van der Waals surface area contributed by atoms with E-state index in [9.17, 15) is 10.2 Å². The molecule has 3 rings (SSSR count). The highest BCUT2D eigenvalue weighted by Gasteiger charge is 2.09. The van der Waals surface area contributed by atoms with Crippen LogP contribution in [-0.4, -0.2) is 25.2 Å². The zero-order valence-corrected chi connectivity index (χ0v) is 12.1. The number of nitrogens with two attached hydrogens (primary N) is 1. The predicted molar refractivity (Wildman–Crippen MR) is 88.4 cm³/mol. The summed E-state index contributed by atoms with van der Waals surface area (Å²) in [6.07, 6.45) is 3.48. The van der Waals surface area contributed by atoms with E-state index in [2.05, 4.69) is 15.0 Å². The summed E-state index contributed by atoms with van der Waals surface area (Å²) in [5.41, 5.74) is 7.09. The maximum atomic E-state index is 9.90. The molecule has 0 unspecified atom stereocenters. The van der Waals surface area contributed by atoms with Crippen molar-refractivity contribution < 1.29 is 10.2 Å². The summed E-state index contributed by atoms with van der Waals surface area (Å²) in [6, 6.07) is 13.5. The molecular weight excluding hydrogens is 292 g/mol. The van der Waals surface area contributed by atoms with Gasteiger partial charge in [0.1, 0.15) is 11.5 Å². The molecule has 0 saturated carbocycles. The molecule has 1 heterocycles. The first-order chi connectivity index (χ1) is 11.1. The van der Waals surface area contributed by atoms with E-state index >= 15 is 0 Å². The second-order valence-corrected chi connectivity index (χ2v) is 4.82. The normalized spacial score (nSPS) is 11.0. The minimum atomic E-state index is 0.0728. The molecule has 6 nitrogen and oxygen atoms in total. The Morgan fingerprint density at radius 3 is 2.30 bits per heavy atom. The van der Waals surface area contributed by atoms with Gasteiger partial charge < -0.3 is 15.9 Å². The van der Waals surface area contributed by atoms with Crippen LogP contribution >= 0.6 is 0 Å². The number of phenols is 2. The quantitative estimate of drug-likeness (QED) is 0.687. The summed E-state index contributed by atoms with van der Waals surface area (Å²) >= 11 is 0. The number of rotatable bonds is 3. The minimum Gasteiger partial charge on any atom is -0.508 e. The monoisotopic (exact) mass is 306 g/mol. The van der Waals surface area contributed by atoms with Crippen LogP contribution in [0.5, 0.6) is 11.5 Å². The van der Waals surface area contributed by atoms with Crippen LogP contribution in [0.15, 0.2) is 48.5 Å². The van der Waals surface area contributed by atoms with E-state index in [-0.39, 0.29) is 17.4 Å². The Morgan fingerprint density at radius 1 is 0.826 bits per heavy atom. The lowest BCUT2D eigenvalue weighted by Gasteiger charge is -2.04. The Bertz CT molecular complexity index is 861. The van der Waals surface area contributed by atoms with Crippen molar-refractivity contribution in [2.75, 3.05) is 5.73 Å². The SMILES string of the molecule is Nc1nc(C=Cc2ccc(O)cc2)nc(-c2ccccc2O)n1. The zero-order valence-electron chi connectivity index (χ0n) is 12.1. The largest absolute Gasteiger partial charge is 0.508 e. The van der Waals surface area contributed by atoms with E-state index in [1.165, 1.54) is 0 Å². The fourth-order valence-electron chi connectivity index (χ4n) is 2.02. The third-order valence-corrected chi connectivity index (χ3v) is 3.13. The Kier molecular flexibility index (Phi) is 3.88. The fourth-order valence-corrected chi connectivity index (χ4v) is 2.02. The van der Waals surface area contributed by atoms with Crippen LogP contribution in [-0.2, 0) is 0 Å². The molecule has 0 aliphatic carbocycles. The first kappa shape index (κ1) is 14.5. The highest BCUT2D eigenvalue weighted by molar-refractivity contribution is 5.69. The minimum absolute atomic E-state index is 0.0728. The van der Waals surface area contributed by atoms with E-state index in [1.807, 2.05) is 0 Å². The van der Waals surface area contributed by atoms with Crippen molar-refractivity contribution in [3.63, 3.8) is 0 Å². The number of para-hydroxylation sites is 1. The van der Waals surface area contributed by atoms with Gasteiger partial charge >= 0.3 is 0 Å². The average Bonchev–Trinajstić information content (AvgIpc) is 2.54. The number of benzene rings is 2. The van der Waals surface area contributed by atoms with Gasteiger partial charge in [0.25, 0.3) is 0 Å². The van der Waals surface area contributed by atoms with Gasteiger partial charge in [-0.1, -0.05) is 30.3 Å². The summed E-state index contributed by atoms with van der Waals surface area (Å²) in [6.45, 7) is 0. The first-order valence-corrected chi connectivity index (χ1v) is 6.89. The number of anilines is 1. The van der Waals surface area contributed by atoms with Crippen LogP contribution < -0.4 is 5.73 Å². The maximum absolute atomic E-state index is 9.90. The van der Waals surface area contributed by atoms with Crippen molar-refractivity contribution in [2.24, 2.45) is 0 Å². The van der Waals surface area contributed by atoms with Crippen molar-refractivity contribution in [1.29, 1.82) is 0 Å². The molecule has 0 radical (unpaired) electrons. The molecule has 0 bridgehead atoms. The molecule has 3 aromatic rings. The van der Waals surface area contributed by atoms with Gasteiger partial charge in [-0.3, -0.25) is 0 Å². The molecule has 4 N–H and O–H groups in total. The van der Waals surface area contributed by atoms with Crippen LogP contribution in [0.2, 0.25) is 0 Å². The van der Waals surface area contributed by atoms with Crippen LogP contribution in [0.3, 0.4) is 0 Å². The van der Waals surface area contributed by atoms with Gasteiger partial charge in [0.15, 0.2) is 11.6 Å². The number of aromatic hydroxyl groups is 2. The third-order valence-electron chi connectivity index (χ3n) is 3.13. The van der Waals surface area contributed by atoms with Gasteiger partial charge in [0.2, 0.25) is 5.95 Å². The Hall–Kier alpha value is -3.41. The van der Waals surface area contributed by atoms with Crippen molar-refractivity contribution in [3.05, 3.63) is 59.9 Å². The van der Waals surface area contributed by atoms with Crippen LogP contribution in [0.1, 0.15) is 11.4 Å². The molecule has 2 aromatic carbocycles. The van der Waals surface area contributed by atoms with E-state index in [4.69, 9.17) is 5.73 Å². The van der Waals surface area contributed by atoms with Gasteiger partial charge in [-0.2, -0.15) is 9.97 Å². The molecule has 23 heavy (non-hydrogen) atoms. The van der Waals surface area contributed by atoms with E-state index in [0.29, 0.717) is 17.2 Å².